The number of carbonyl (C=O) groups excluding carboxylic acids is 2. The van der Waals surface area contributed by atoms with Crippen LogP contribution in [0.2, 0.25) is 0 Å². The van der Waals surface area contributed by atoms with Gasteiger partial charge in [-0.05, 0) is 48.2 Å². The third-order valence-corrected chi connectivity index (χ3v) is 3.60. The van der Waals surface area contributed by atoms with E-state index in [0.29, 0.717) is 22.7 Å². The number of amides is 1. The van der Waals surface area contributed by atoms with Crippen molar-refractivity contribution in [2.24, 2.45) is 0 Å². The van der Waals surface area contributed by atoms with Gasteiger partial charge in [0.2, 0.25) is 0 Å². The predicted octanol–water partition coefficient (Wildman–Crippen LogP) is 4.05. The van der Waals surface area contributed by atoms with Gasteiger partial charge in [0.15, 0.2) is 6.61 Å². The summed E-state index contributed by atoms with van der Waals surface area (Å²) in [5.74, 6) is -1.13. The molecule has 4 nitrogen and oxygen atoms in total. The fraction of sp³-hybridized carbons (Fsp3) is 0.263. The molecule has 0 saturated heterocycles. The van der Waals surface area contributed by atoms with Crippen LogP contribution in [0.25, 0.3) is 0 Å². The van der Waals surface area contributed by atoms with Crippen LogP contribution in [0.5, 0.6) is 0 Å². The van der Waals surface area contributed by atoms with Gasteiger partial charge in [0.1, 0.15) is 5.82 Å². The molecule has 0 aliphatic rings. The number of nitrogens with one attached hydrogen (secondary N) is 1. The molecule has 2 rings (SSSR count). The highest BCUT2D eigenvalue weighted by atomic mass is 19.1. The second-order valence-electron chi connectivity index (χ2n) is 5.86. The number of hydrogen-bond acceptors (Lipinski definition) is 3. The molecule has 0 radical (unpaired) electrons. The lowest BCUT2D eigenvalue weighted by molar-refractivity contribution is -0.119. The molecule has 1 N–H and O–H groups in total. The molecule has 0 aromatic heterocycles. The molecule has 2 aromatic carbocycles. The first kappa shape index (κ1) is 17.7. The van der Waals surface area contributed by atoms with Crippen molar-refractivity contribution < 1.29 is 18.7 Å². The Kier molecular flexibility index (Phi) is 5.68. The number of benzene rings is 2. The van der Waals surface area contributed by atoms with E-state index in [-0.39, 0.29) is 0 Å². The molecule has 0 fully saturated rings. The SMILES string of the molecule is Cc1ccc(NC(=O)COC(=O)c2ccc(C(C)C)cc2)cc1F. The molecular formula is C19H20FNO3. The lowest BCUT2D eigenvalue weighted by atomic mass is 10.0. The molecule has 0 heterocycles. The first-order valence-electron chi connectivity index (χ1n) is 7.70. The van der Waals surface area contributed by atoms with Gasteiger partial charge in [0.25, 0.3) is 5.91 Å². The summed E-state index contributed by atoms with van der Waals surface area (Å²) in [5.41, 5.74) is 2.31. The maximum atomic E-state index is 13.4. The molecule has 0 aliphatic heterocycles. The average molecular weight is 329 g/mol. The third kappa shape index (κ3) is 4.65. The van der Waals surface area contributed by atoms with Crippen LogP contribution in [0.3, 0.4) is 0 Å². The second kappa shape index (κ2) is 7.73. The van der Waals surface area contributed by atoms with Gasteiger partial charge >= 0.3 is 5.97 Å². The van der Waals surface area contributed by atoms with Gasteiger partial charge in [-0.15, -0.1) is 0 Å². The number of anilines is 1. The van der Waals surface area contributed by atoms with Gasteiger partial charge in [0, 0.05) is 5.69 Å². The highest BCUT2D eigenvalue weighted by Gasteiger charge is 2.11. The highest BCUT2D eigenvalue weighted by Crippen LogP contribution is 2.15. The Balaban J connectivity index is 1.88. The monoisotopic (exact) mass is 329 g/mol. The predicted molar refractivity (Wildman–Crippen MR) is 90.6 cm³/mol. The minimum atomic E-state index is -0.574. The average Bonchev–Trinajstić information content (AvgIpc) is 2.56. The van der Waals surface area contributed by atoms with Crippen LogP contribution in [0.15, 0.2) is 42.5 Å². The summed E-state index contributed by atoms with van der Waals surface area (Å²) in [6, 6.07) is 11.4. The van der Waals surface area contributed by atoms with Crippen molar-refractivity contribution in [1.82, 2.24) is 0 Å². The molecule has 0 bridgehead atoms. The van der Waals surface area contributed by atoms with Crippen LogP contribution in [-0.4, -0.2) is 18.5 Å². The Labute approximate surface area is 140 Å². The zero-order valence-electron chi connectivity index (χ0n) is 13.9. The van der Waals surface area contributed by atoms with E-state index in [9.17, 15) is 14.0 Å². The summed E-state index contributed by atoms with van der Waals surface area (Å²) in [6.45, 7) is 5.32. The molecule has 0 unspecified atom stereocenters. The number of rotatable bonds is 5. The Morgan fingerprint density at radius 2 is 1.79 bits per heavy atom. The number of halogens is 1. The summed E-state index contributed by atoms with van der Waals surface area (Å²) >= 11 is 0. The van der Waals surface area contributed by atoms with Gasteiger partial charge in [-0.1, -0.05) is 32.0 Å². The summed E-state index contributed by atoms with van der Waals surface area (Å²) in [5, 5.41) is 2.48. The summed E-state index contributed by atoms with van der Waals surface area (Å²) in [7, 11) is 0. The van der Waals surface area contributed by atoms with Gasteiger partial charge in [-0.3, -0.25) is 4.79 Å². The van der Waals surface area contributed by atoms with Crippen LogP contribution in [0.4, 0.5) is 10.1 Å². The molecule has 24 heavy (non-hydrogen) atoms. The van der Waals surface area contributed by atoms with E-state index in [1.807, 2.05) is 12.1 Å². The minimum Gasteiger partial charge on any atom is -0.452 e. The van der Waals surface area contributed by atoms with Crippen molar-refractivity contribution in [3.8, 4) is 0 Å². The van der Waals surface area contributed by atoms with E-state index >= 15 is 0 Å². The van der Waals surface area contributed by atoms with Crippen molar-refractivity contribution in [3.63, 3.8) is 0 Å². The van der Waals surface area contributed by atoms with Gasteiger partial charge in [0.05, 0.1) is 5.56 Å². The zero-order chi connectivity index (χ0) is 17.7. The molecule has 0 atom stereocenters. The van der Waals surface area contributed by atoms with Gasteiger partial charge in [-0.2, -0.15) is 0 Å². The highest BCUT2D eigenvalue weighted by molar-refractivity contribution is 5.95. The first-order valence-corrected chi connectivity index (χ1v) is 7.70. The Hall–Kier alpha value is -2.69. The molecule has 0 spiro atoms. The first-order chi connectivity index (χ1) is 11.4. The van der Waals surface area contributed by atoms with E-state index in [2.05, 4.69) is 19.2 Å². The van der Waals surface area contributed by atoms with E-state index in [0.717, 1.165) is 5.56 Å². The van der Waals surface area contributed by atoms with E-state index < -0.39 is 24.3 Å². The standard InChI is InChI=1S/C19H20FNO3/c1-12(2)14-5-7-15(8-6-14)19(23)24-11-18(22)21-16-9-4-13(3)17(20)10-16/h4-10,12H,11H2,1-3H3,(H,21,22). The maximum absolute atomic E-state index is 13.4. The smallest absolute Gasteiger partial charge is 0.338 e. The number of aryl methyl sites for hydroxylation is 1. The Bertz CT molecular complexity index is 739. The minimum absolute atomic E-state index is 0.320. The molecule has 126 valence electrons. The summed E-state index contributed by atoms with van der Waals surface area (Å²) < 4.78 is 18.4. The number of carbonyl (C=O) groups is 2. The van der Waals surface area contributed by atoms with Crippen LogP contribution in [0.1, 0.15) is 41.3 Å². The van der Waals surface area contributed by atoms with Crippen molar-refractivity contribution in [1.29, 1.82) is 0 Å². The number of esters is 1. The van der Waals surface area contributed by atoms with E-state index in [4.69, 9.17) is 4.74 Å². The number of ether oxygens (including phenoxy) is 1. The molecule has 2 aromatic rings. The second-order valence-corrected chi connectivity index (χ2v) is 5.86. The van der Waals surface area contributed by atoms with E-state index in [1.165, 1.54) is 6.07 Å². The Morgan fingerprint density at radius 1 is 1.12 bits per heavy atom. The Morgan fingerprint density at radius 3 is 2.38 bits per heavy atom. The normalized spacial score (nSPS) is 10.5. The summed E-state index contributed by atoms with van der Waals surface area (Å²) in [4.78, 5) is 23.7. The van der Waals surface area contributed by atoms with Crippen LogP contribution in [-0.2, 0) is 9.53 Å². The van der Waals surface area contributed by atoms with Crippen molar-refractivity contribution in [2.75, 3.05) is 11.9 Å². The molecule has 0 aliphatic carbocycles. The van der Waals surface area contributed by atoms with Crippen molar-refractivity contribution in [3.05, 3.63) is 65.0 Å². The quantitative estimate of drug-likeness (QED) is 0.842. The third-order valence-electron chi connectivity index (χ3n) is 3.60. The fourth-order valence-electron chi connectivity index (χ4n) is 2.09. The topological polar surface area (TPSA) is 55.4 Å². The molecule has 5 heteroatoms. The largest absolute Gasteiger partial charge is 0.452 e. The zero-order valence-corrected chi connectivity index (χ0v) is 13.9. The maximum Gasteiger partial charge on any atom is 0.338 e. The van der Waals surface area contributed by atoms with Crippen LogP contribution in [0, 0.1) is 12.7 Å². The lowest BCUT2D eigenvalue weighted by Gasteiger charge is -2.08. The molecule has 0 saturated carbocycles. The summed E-state index contributed by atoms with van der Waals surface area (Å²) in [6.07, 6.45) is 0. The lowest BCUT2D eigenvalue weighted by Crippen LogP contribution is -2.21. The van der Waals surface area contributed by atoms with Gasteiger partial charge in [-0.25, -0.2) is 9.18 Å². The van der Waals surface area contributed by atoms with Crippen LogP contribution < -0.4 is 5.32 Å². The molecular weight excluding hydrogens is 309 g/mol. The van der Waals surface area contributed by atoms with Crippen molar-refractivity contribution in [2.45, 2.75) is 26.7 Å². The molecule has 1 amide bonds. The van der Waals surface area contributed by atoms with Crippen LogP contribution >= 0.6 is 0 Å². The van der Waals surface area contributed by atoms with Crippen molar-refractivity contribution >= 4 is 17.6 Å². The fourth-order valence-corrected chi connectivity index (χ4v) is 2.09. The number of hydrogen-bond donors (Lipinski definition) is 1. The van der Waals surface area contributed by atoms with E-state index in [1.54, 1.807) is 31.2 Å². The van der Waals surface area contributed by atoms with Gasteiger partial charge < -0.3 is 10.1 Å².